The van der Waals surface area contributed by atoms with Gasteiger partial charge in [-0.05, 0) is 48.9 Å². The van der Waals surface area contributed by atoms with E-state index < -0.39 is 0 Å². The van der Waals surface area contributed by atoms with Crippen molar-refractivity contribution in [1.29, 1.82) is 0 Å². The largest absolute Gasteiger partial charge is 0.356 e. The van der Waals surface area contributed by atoms with Crippen LogP contribution in [0, 0.1) is 5.92 Å². The molecule has 2 amide bonds. The summed E-state index contributed by atoms with van der Waals surface area (Å²) < 4.78 is 5.19. The van der Waals surface area contributed by atoms with Crippen LogP contribution in [0.15, 0.2) is 34.9 Å². The summed E-state index contributed by atoms with van der Waals surface area (Å²) in [5.41, 5.74) is 7.45. The van der Waals surface area contributed by atoms with Crippen molar-refractivity contribution in [1.82, 2.24) is 16.0 Å². The van der Waals surface area contributed by atoms with Crippen LogP contribution >= 0.6 is 11.3 Å². The number of amides is 2. The molecule has 0 radical (unpaired) electrons. The van der Waals surface area contributed by atoms with Gasteiger partial charge in [0.25, 0.3) is 5.91 Å². The van der Waals surface area contributed by atoms with Gasteiger partial charge in [0.15, 0.2) is 5.58 Å². The van der Waals surface area contributed by atoms with Crippen LogP contribution in [0.3, 0.4) is 0 Å². The highest BCUT2D eigenvalue weighted by Gasteiger charge is 2.22. The van der Waals surface area contributed by atoms with E-state index in [4.69, 9.17) is 4.52 Å². The van der Waals surface area contributed by atoms with Crippen LogP contribution in [-0.2, 0) is 24.1 Å². The molecule has 2 heterocycles. The van der Waals surface area contributed by atoms with Gasteiger partial charge in [0.1, 0.15) is 5.69 Å². The Morgan fingerprint density at radius 3 is 3.00 bits per heavy atom. The summed E-state index contributed by atoms with van der Waals surface area (Å²) in [6.07, 6.45) is 4.48. The molecule has 0 fully saturated rings. The molecular formula is C20H21N3O3S. The van der Waals surface area contributed by atoms with Crippen molar-refractivity contribution in [2.24, 2.45) is 5.92 Å². The standard InChI is InChI=1S/C20H21N3O3S/c1-2-12-7-8-17-13(9-12)10-18(27-17)20(25)22-21-19(24)11-15-14-5-3-4-6-16(14)26-23-15/h3-6,10,12H,2,7-9,11H2,1H3,(H,21,24)(H,22,25)/t12-/m1/s1. The number of aromatic nitrogens is 1. The molecule has 0 aliphatic heterocycles. The molecule has 1 atom stereocenters. The lowest BCUT2D eigenvalue weighted by Gasteiger charge is -2.19. The normalized spacial score (nSPS) is 16.1. The Morgan fingerprint density at radius 1 is 1.30 bits per heavy atom. The van der Waals surface area contributed by atoms with E-state index in [1.54, 1.807) is 6.07 Å². The minimum atomic E-state index is -0.338. The third kappa shape index (κ3) is 3.73. The molecule has 1 aliphatic carbocycles. The lowest BCUT2D eigenvalue weighted by atomic mass is 9.87. The minimum Gasteiger partial charge on any atom is -0.356 e. The molecular weight excluding hydrogens is 362 g/mol. The van der Waals surface area contributed by atoms with Crippen LogP contribution < -0.4 is 10.9 Å². The summed E-state index contributed by atoms with van der Waals surface area (Å²) in [5.74, 6) is 0.0931. The van der Waals surface area contributed by atoms with Crippen molar-refractivity contribution in [3.05, 3.63) is 51.3 Å². The highest BCUT2D eigenvalue weighted by atomic mass is 32.1. The van der Waals surface area contributed by atoms with Crippen LogP contribution in [0.5, 0.6) is 0 Å². The molecule has 2 aromatic heterocycles. The van der Waals surface area contributed by atoms with Crippen molar-refractivity contribution in [3.8, 4) is 0 Å². The number of nitrogens with zero attached hydrogens (tertiary/aromatic N) is 1. The first-order valence-corrected chi connectivity index (χ1v) is 9.99. The molecule has 0 saturated carbocycles. The van der Waals surface area contributed by atoms with Gasteiger partial charge in [0.2, 0.25) is 5.91 Å². The molecule has 0 spiro atoms. The molecule has 1 aliphatic rings. The SMILES string of the molecule is CC[C@@H]1CCc2sc(C(=O)NNC(=O)Cc3noc4ccccc34)cc2C1. The Morgan fingerprint density at radius 2 is 2.15 bits per heavy atom. The maximum Gasteiger partial charge on any atom is 0.279 e. The average molecular weight is 383 g/mol. The van der Waals surface area contributed by atoms with Crippen LogP contribution in [0.2, 0.25) is 0 Å². The second kappa shape index (κ2) is 7.52. The number of aryl methyl sites for hydroxylation is 1. The molecule has 0 bridgehead atoms. The highest BCUT2D eigenvalue weighted by Crippen LogP contribution is 2.33. The number of thiophene rings is 1. The van der Waals surface area contributed by atoms with Crippen LogP contribution in [-0.4, -0.2) is 17.0 Å². The third-order valence-electron chi connectivity index (χ3n) is 5.08. The highest BCUT2D eigenvalue weighted by molar-refractivity contribution is 7.14. The molecule has 27 heavy (non-hydrogen) atoms. The maximum absolute atomic E-state index is 12.4. The third-order valence-corrected chi connectivity index (χ3v) is 6.32. The molecule has 6 nitrogen and oxygen atoms in total. The Kier molecular flexibility index (Phi) is 4.94. The summed E-state index contributed by atoms with van der Waals surface area (Å²) in [5, 5.41) is 4.73. The Labute approximate surface area is 160 Å². The Hall–Kier alpha value is -2.67. The number of carbonyl (C=O) groups excluding carboxylic acids is 2. The first kappa shape index (κ1) is 17.7. The smallest absolute Gasteiger partial charge is 0.279 e. The summed E-state index contributed by atoms with van der Waals surface area (Å²) in [4.78, 5) is 26.5. The molecule has 0 saturated heterocycles. The molecule has 0 unspecified atom stereocenters. The second-order valence-electron chi connectivity index (χ2n) is 6.88. The van der Waals surface area contributed by atoms with Gasteiger partial charge in [0.05, 0.1) is 11.3 Å². The molecule has 2 N–H and O–H groups in total. The lowest BCUT2D eigenvalue weighted by molar-refractivity contribution is -0.121. The first-order valence-electron chi connectivity index (χ1n) is 9.18. The predicted molar refractivity (Wildman–Crippen MR) is 103 cm³/mol. The van der Waals surface area contributed by atoms with E-state index in [1.807, 2.05) is 24.3 Å². The van der Waals surface area contributed by atoms with Gasteiger partial charge in [-0.3, -0.25) is 20.4 Å². The van der Waals surface area contributed by atoms with Gasteiger partial charge >= 0.3 is 0 Å². The number of carbonyl (C=O) groups is 2. The summed E-state index contributed by atoms with van der Waals surface area (Å²) >= 11 is 1.52. The second-order valence-corrected chi connectivity index (χ2v) is 8.02. The van der Waals surface area contributed by atoms with Gasteiger partial charge in [-0.15, -0.1) is 11.3 Å². The van der Waals surface area contributed by atoms with Gasteiger partial charge in [-0.1, -0.05) is 30.6 Å². The number of hydrogen-bond donors (Lipinski definition) is 2. The van der Waals surface area contributed by atoms with Gasteiger partial charge in [-0.25, -0.2) is 0 Å². The molecule has 1 aromatic carbocycles. The molecule has 3 aromatic rings. The summed E-state index contributed by atoms with van der Waals surface area (Å²) in [6, 6.07) is 9.33. The van der Waals surface area contributed by atoms with E-state index >= 15 is 0 Å². The average Bonchev–Trinajstić information content (AvgIpc) is 3.30. The zero-order valence-corrected chi connectivity index (χ0v) is 15.9. The number of nitrogens with one attached hydrogen (secondary N) is 2. The van der Waals surface area contributed by atoms with E-state index in [9.17, 15) is 9.59 Å². The van der Waals surface area contributed by atoms with Crippen LogP contribution in [0.4, 0.5) is 0 Å². The van der Waals surface area contributed by atoms with Crippen molar-refractivity contribution >= 4 is 34.1 Å². The number of rotatable bonds is 4. The van der Waals surface area contributed by atoms with Crippen molar-refractivity contribution in [2.45, 2.75) is 39.0 Å². The van der Waals surface area contributed by atoms with Gasteiger partial charge in [0, 0.05) is 10.3 Å². The Balaban J connectivity index is 1.35. The molecule has 4 rings (SSSR count). The number of fused-ring (bicyclic) bond motifs is 2. The molecule has 140 valence electrons. The minimum absolute atomic E-state index is 0.0381. The maximum atomic E-state index is 12.4. The topological polar surface area (TPSA) is 84.2 Å². The predicted octanol–water partition coefficient (Wildman–Crippen LogP) is 3.41. The number of hydrogen-bond acceptors (Lipinski definition) is 5. The fourth-order valence-corrected chi connectivity index (χ4v) is 4.61. The van der Waals surface area contributed by atoms with E-state index in [-0.39, 0.29) is 18.2 Å². The summed E-state index contributed by atoms with van der Waals surface area (Å²) in [7, 11) is 0. The Bertz CT molecular complexity index is 991. The van der Waals surface area contributed by atoms with Gasteiger partial charge < -0.3 is 4.52 Å². The van der Waals surface area contributed by atoms with Crippen LogP contribution in [0.25, 0.3) is 11.0 Å². The fourth-order valence-electron chi connectivity index (χ4n) is 3.51. The monoisotopic (exact) mass is 383 g/mol. The summed E-state index contributed by atoms with van der Waals surface area (Å²) in [6.45, 7) is 2.21. The zero-order chi connectivity index (χ0) is 18.8. The number of benzene rings is 1. The van der Waals surface area contributed by atoms with E-state index in [0.717, 1.165) is 18.2 Å². The van der Waals surface area contributed by atoms with Crippen molar-refractivity contribution in [3.63, 3.8) is 0 Å². The zero-order valence-electron chi connectivity index (χ0n) is 15.1. The van der Waals surface area contributed by atoms with E-state index in [0.29, 0.717) is 22.1 Å². The first-order chi connectivity index (χ1) is 13.1. The quantitative estimate of drug-likeness (QED) is 0.676. The van der Waals surface area contributed by atoms with Crippen LogP contribution in [0.1, 0.15) is 45.6 Å². The van der Waals surface area contributed by atoms with Crippen molar-refractivity contribution < 1.29 is 14.1 Å². The fraction of sp³-hybridized carbons (Fsp3) is 0.350. The van der Waals surface area contributed by atoms with E-state index in [1.165, 1.54) is 34.6 Å². The van der Waals surface area contributed by atoms with E-state index in [2.05, 4.69) is 22.9 Å². The number of hydrazine groups is 1. The van der Waals surface area contributed by atoms with Gasteiger partial charge in [-0.2, -0.15) is 0 Å². The lowest BCUT2D eigenvalue weighted by Crippen LogP contribution is -2.42. The number of para-hydroxylation sites is 1. The molecule has 7 heteroatoms. The van der Waals surface area contributed by atoms with Crippen molar-refractivity contribution in [2.75, 3.05) is 0 Å².